The molecule has 2 aromatic carbocycles. The third-order valence-corrected chi connectivity index (χ3v) is 4.88. The molecule has 0 saturated carbocycles. The Morgan fingerprint density at radius 1 is 1.14 bits per heavy atom. The second-order valence-electron chi connectivity index (χ2n) is 6.69. The first-order valence-corrected chi connectivity index (χ1v) is 8.96. The number of imidazole rings is 1. The molecule has 5 rings (SSSR count). The number of aromatic nitrogens is 4. The summed E-state index contributed by atoms with van der Waals surface area (Å²) in [7, 11) is 0. The highest BCUT2D eigenvalue weighted by molar-refractivity contribution is 5.77. The number of hydrogen-bond donors (Lipinski definition) is 2. The molecule has 7 heteroatoms. The van der Waals surface area contributed by atoms with Gasteiger partial charge in [0.05, 0.1) is 29.0 Å². The predicted octanol–water partition coefficient (Wildman–Crippen LogP) is 4.11. The Hall–Kier alpha value is -3.74. The van der Waals surface area contributed by atoms with E-state index >= 15 is 0 Å². The van der Waals surface area contributed by atoms with Gasteiger partial charge in [-0.3, -0.25) is 4.57 Å². The molecule has 138 valence electrons. The molecule has 0 aliphatic heterocycles. The number of rotatable bonds is 3. The topological polar surface area (TPSA) is 81.7 Å². The number of halogens is 1. The zero-order valence-electron chi connectivity index (χ0n) is 14.9. The Morgan fingerprint density at radius 2 is 2.04 bits per heavy atom. The van der Waals surface area contributed by atoms with Crippen molar-refractivity contribution in [2.24, 2.45) is 0 Å². The van der Waals surface area contributed by atoms with Crippen LogP contribution in [0.5, 0.6) is 0 Å². The Balaban J connectivity index is 1.53. The van der Waals surface area contributed by atoms with Gasteiger partial charge >= 0.3 is 0 Å². The van der Waals surface area contributed by atoms with Crippen molar-refractivity contribution >= 4 is 28.6 Å². The molecule has 0 saturated heterocycles. The molecule has 1 atom stereocenters. The maximum absolute atomic E-state index is 13.7. The first kappa shape index (κ1) is 16.4. The molecule has 1 aliphatic rings. The van der Waals surface area contributed by atoms with Crippen molar-refractivity contribution in [3.05, 3.63) is 78.0 Å². The Labute approximate surface area is 160 Å². The van der Waals surface area contributed by atoms with Gasteiger partial charge < -0.3 is 11.1 Å². The summed E-state index contributed by atoms with van der Waals surface area (Å²) in [6, 6.07) is 12.7. The van der Waals surface area contributed by atoms with Crippen molar-refractivity contribution in [1.29, 1.82) is 0 Å². The number of nitrogens with two attached hydrogens (primary N) is 1. The van der Waals surface area contributed by atoms with Crippen molar-refractivity contribution in [2.45, 2.75) is 12.5 Å². The molecule has 0 radical (unpaired) electrons. The van der Waals surface area contributed by atoms with Crippen LogP contribution < -0.4 is 11.1 Å². The molecular formula is C21H17FN6. The number of hydrogen-bond acceptors (Lipinski definition) is 5. The van der Waals surface area contributed by atoms with E-state index < -0.39 is 0 Å². The highest BCUT2D eigenvalue weighted by atomic mass is 19.1. The first-order valence-electron chi connectivity index (χ1n) is 8.96. The van der Waals surface area contributed by atoms with Gasteiger partial charge in [0.1, 0.15) is 12.1 Å². The highest BCUT2D eigenvalue weighted by Gasteiger charge is 2.19. The number of nitrogens with zero attached hydrogens (tertiary/aromatic N) is 4. The van der Waals surface area contributed by atoms with E-state index in [0.29, 0.717) is 28.5 Å². The van der Waals surface area contributed by atoms with Crippen LogP contribution in [-0.2, 0) is 0 Å². The van der Waals surface area contributed by atoms with E-state index in [1.54, 1.807) is 23.2 Å². The quantitative estimate of drug-likeness (QED) is 0.566. The minimum absolute atomic E-state index is 0.0585. The molecule has 28 heavy (non-hydrogen) atoms. The summed E-state index contributed by atoms with van der Waals surface area (Å²) in [5.41, 5.74) is 10.2. The molecule has 0 fully saturated rings. The molecule has 4 aromatic rings. The standard InChI is InChI=1S/C21H17FN6/c22-14-8-9-18-19(10-14)28(12-25-18)21-24-11-16(23)20(27-21)26-17-7-3-5-13-4-1-2-6-15(13)17/h1-6,8-12,17H,7,23H2,(H,24,26,27)/t17-/m1/s1. The van der Waals surface area contributed by atoms with Gasteiger partial charge in [-0.15, -0.1) is 0 Å². The molecule has 0 unspecified atom stereocenters. The summed E-state index contributed by atoms with van der Waals surface area (Å²) in [6.07, 6.45) is 8.21. The van der Waals surface area contributed by atoms with Crippen LogP contribution in [0, 0.1) is 5.82 Å². The van der Waals surface area contributed by atoms with Crippen LogP contribution in [0.3, 0.4) is 0 Å². The second kappa shape index (κ2) is 6.45. The summed E-state index contributed by atoms with van der Waals surface area (Å²) < 4.78 is 15.3. The lowest BCUT2D eigenvalue weighted by Gasteiger charge is -2.24. The van der Waals surface area contributed by atoms with Crippen molar-refractivity contribution in [3.8, 4) is 5.95 Å². The Morgan fingerprint density at radius 3 is 2.96 bits per heavy atom. The minimum Gasteiger partial charge on any atom is -0.394 e. The van der Waals surface area contributed by atoms with Gasteiger partial charge in [-0.1, -0.05) is 36.4 Å². The van der Waals surface area contributed by atoms with Gasteiger partial charge in [0.15, 0.2) is 5.82 Å². The lowest BCUT2D eigenvalue weighted by atomic mass is 9.93. The summed E-state index contributed by atoms with van der Waals surface area (Å²) in [5.74, 6) is 0.580. The van der Waals surface area contributed by atoms with Crippen molar-refractivity contribution < 1.29 is 4.39 Å². The number of fused-ring (bicyclic) bond motifs is 2. The largest absolute Gasteiger partial charge is 0.394 e. The monoisotopic (exact) mass is 372 g/mol. The van der Waals surface area contributed by atoms with Crippen LogP contribution in [0.2, 0.25) is 0 Å². The van der Waals surface area contributed by atoms with E-state index in [1.807, 2.05) is 12.1 Å². The fourth-order valence-corrected chi connectivity index (χ4v) is 3.49. The SMILES string of the molecule is Nc1cnc(-n2cnc3ccc(F)cc32)nc1N[C@@H]1CC=Cc2ccccc21. The van der Waals surface area contributed by atoms with E-state index in [2.05, 4.69) is 44.6 Å². The van der Waals surface area contributed by atoms with Gasteiger partial charge in [0.2, 0.25) is 5.95 Å². The lowest BCUT2D eigenvalue weighted by Crippen LogP contribution is -2.16. The first-order chi connectivity index (χ1) is 13.7. The molecular weight excluding hydrogens is 355 g/mol. The average Bonchev–Trinajstić information content (AvgIpc) is 3.13. The maximum atomic E-state index is 13.7. The summed E-state index contributed by atoms with van der Waals surface area (Å²) >= 11 is 0. The third kappa shape index (κ3) is 2.77. The Bertz CT molecular complexity index is 1210. The molecule has 1 aliphatic carbocycles. The smallest absolute Gasteiger partial charge is 0.237 e. The zero-order valence-corrected chi connectivity index (χ0v) is 14.9. The molecule has 0 spiro atoms. The number of benzene rings is 2. The predicted molar refractivity (Wildman–Crippen MR) is 107 cm³/mol. The van der Waals surface area contributed by atoms with Crippen LogP contribution in [0.25, 0.3) is 23.1 Å². The molecule has 6 nitrogen and oxygen atoms in total. The van der Waals surface area contributed by atoms with Gasteiger partial charge in [0.25, 0.3) is 0 Å². The van der Waals surface area contributed by atoms with Crippen molar-refractivity contribution in [2.75, 3.05) is 11.1 Å². The molecule has 0 amide bonds. The van der Waals surface area contributed by atoms with E-state index in [0.717, 1.165) is 6.42 Å². The van der Waals surface area contributed by atoms with Crippen LogP contribution in [0.4, 0.5) is 15.9 Å². The van der Waals surface area contributed by atoms with E-state index in [9.17, 15) is 4.39 Å². The third-order valence-electron chi connectivity index (χ3n) is 4.88. The number of nitrogens with one attached hydrogen (secondary N) is 1. The molecule has 0 bridgehead atoms. The van der Waals surface area contributed by atoms with Crippen LogP contribution >= 0.6 is 0 Å². The molecule has 2 heterocycles. The van der Waals surface area contributed by atoms with E-state index in [-0.39, 0.29) is 11.9 Å². The Kier molecular flexibility index (Phi) is 3.79. The number of nitrogen functional groups attached to an aromatic ring is 1. The fourth-order valence-electron chi connectivity index (χ4n) is 3.49. The zero-order chi connectivity index (χ0) is 19.1. The van der Waals surface area contributed by atoms with Crippen LogP contribution in [0.1, 0.15) is 23.6 Å². The van der Waals surface area contributed by atoms with Gasteiger partial charge in [-0.25, -0.2) is 14.4 Å². The van der Waals surface area contributed by atoms with Crippen LogP contribution in [0.15, 0.2) is 61.1 Å². The minimum atomic E-state index is -0.339. The van der Waals surface area contributed by atoms with Gasteiger partial charge in [-0.05, 0) is 29.7 Å². The summed E-state index contributed by atoms with van der Waals surface area (Å²) in [5, 5.41) is 3.43. The van der Waals surface area contributed by atoms with Crippen molar-refractivity contribution in [3.63, 3.8) is 0 Å². The molecule has 2 aromatic heterocycles. The summed E-state index contributed by atoms with van der Waals surface area (Å²) in [4.78, 5) is 13.2. The van der Waals surface area contributed by atoms with Crippen molar-refractivity contribution in [1.82, 2.24) is 19.5 Å². The van der Waals surface area contributed by atoms with Gasteiger partial charge in [-0.2, -0.15) is 4.98 Å². The maximum Gasteiger partial charge on any atom is 0.237 e. The van der Waals surface area contributed by atoms with E-state index in [4.69, 9.17) is 5.73 Å². The lowest BCUT2D eigenvalue weighted by molar-refractivity contribution is 0.629. The van der Waals surface area contributed by atoms with Gasteiger partial charge in [0, 0.05) is 6.07 Å². The number of anilines is 2. The fraction of sp³-hybridized carbons (Fsp3) is 0.0952. The summed E-state index contributed by atoms with van der Waals surface area (Å²) in [6.45, 7) is 0. The van der Waals surface area contributed by atoms with Crippen LogP contribution in [-0.4, -0.2) is 19.5 Å². The molecule has 3 N–H and O–H groups in total. The second-order valence-corrected chi connectivity index (χ2v) is 6.69. The average molecular weight is 372 g/mol. The normalized spacial score (nSPS) is 15.5. The van der Waals surface area contributed by atoms with E-state index in [1.165, 1.54) is 23.3 Å². The highest BCUT2D eigenvalue weighted by Crippen LogP contribution is 2.32.